The number of benzene rings is 1. The van der Waals surface area contributed by atoms with Crippen LogP contribution in [0, 0.1) is 0 Å². The first-order valence-corrected chi connectivity index (χ1v) is 10.2. The largest absolute Gasteiger partial charge is 0.338 e. The maximum atomic E-state index is 12.4. The SMILES string of the molecule is CCN(CC)C(=O)c1cn(C2CCCN(CCCc3ccccc3)C2)nn1. The third kappa shape index (κ3) is 5.16. The first kappa shape index (κ1) is 19.5. The van der Waals surface area contributed by atoms with Crippen LogP contribution in [-0.4, -0.2) is 63.4 Å². The van der Waals surface area contributed by atoms with Crippen LogP contribution in [0.1, 0.15) is 55.2 Å². The first-order chi connectivity index (χ1) is 13.2. The molecule has 27 heavy (non-hydrogen) atoms. The Morgan fingerprint density at radius 3 is 2.74 bits per heavy atom. The van der Waals surface area contributed by atoms with E-state index in [1.165, 1.54) is 12.0 Å². The molecule has 1 saturated heterocycles. The average Bonchev–Trinajstić information content (AvgIpc) is 3.20. The maximum Gasteiger partial charge on any atom is 0.276 e. The number of carbonyl (C=O) groups is 1. The minimum Gasteiger partial charge on any atom is -0.338 e. The first-order valence-electron chi connectivity index (χ1n) is 10.2. The Morgan fingerprint density at radius 1 is 1.22 bits per heavy atom. The van der Waals surface area contributed by atoms with Crippen molar-refractivity contribution < 1.29 is 4.79 Å². The zero-order chi connectivity index (χ0) is 19.1. The molecule has 1 aromatic heterocycles. The quantitative estimate of drug-likeness (QED) is 0.718. The van der Waals surface area contributed by atoms with Crippen LogP contribution in [0.2, 0.25) is 0 Å². The Morgan fingerprint density at radius 2 is 2.00 bits per heavy atom. The molecular weight excluding hydrogens is 338 g/mol. The molecule has 6 nitrogen and oxygen atoms in total. The van der Waals surface area contributed by atoms with Gasteiger partial charge in [0, 0.05) is 19.6 Å². The van der Waals surface area contributed by atoms with E-state index in [0.29, 0.717) is 24.8 Å². The molecule has 6 heteroatoms. The summed E-state index contributed by atoms with van der Waals surface area (Å²) in [4.78, 5) is 16.7. The lowest BCUT2D eigenvalue weighted by molar-refractivity contribution is 0.0767. The van der Waals surface area contributed by atoms with Gasteiger partial charge in [0.1, 0.15) is 0 Å². The Kier molecular flexibility index (Phi) is 6.98. The molecule has 1 aromatic carbocycles. The van der Waals surface area contributed by atoms with Gasteiger partial charge in [-0.3, -0.25) is 4.79 Å². The highest BCUT2D eigenvalue weighted by Crippen LogP contribution is 2.21. The molecule has 1 unspecified atom stereocenters. The van der Waals surface area contributed by atoms with Crippen LogP contribution in [0.15, 0.2) is 36.5 Å². The van der Waals surface area contributed by atoms with Crippen molar-refractivity contribution in [2.45, 2.75) is 45.6 Å². The molecule has 146 valence electrons. The molecule has 1 fully saturated rings. The van der Waals surface area contributed by atoms with Crippen molar-refractivity contribution in [3.63, 3.8) is 0 Å². The summed E-state index contributed by atoms with van der Waals surface area (Å²) in [7, 11) is 0. The van der Waals surface area contributed by atoms with Gasteiger partial charge in [-0.05, 0) is 58.2 Å². The van der Waals surface area contributed by atoms with Crippen LogP contribution in [0.3, 0.4) is 0 Å². The van der Waals surface area contributed by atoms with Gasteiger partial charge in [0.25, 0.3) is 5.91 Å². The Labute approximate surface area is 162 Å². The predicted molar refractivity (Wildman–Crippen MR) is 107 cm³/mol. The number of hydrogen-bond donors (Lipinski definition) is 0. The third-order valence-corrected chi connectivity index (χ3v) is 5.42. The lowest BCUT2D eigenvalue weighted by Crippen LogP contribution is -2.37. The fourth-order valence-electron chi connectivity index (χ4n) is 3.83. The minimum absolute atomic E-state index is 0.0261. The van der Waals surface area contributed by atoms with Crippen molar-refractivity contribution in [3.8, 4) is 0 Å². The summed E-state index contributed by atoms with van der Waals surface area (Å²) < 4.78 is 1.90. The number of hydrogen-bond acceptors (Lipinski definition) is 4. The molecule has 0 spiro atoms. The predicted octanol–water partition coefficient (Wildman–Crippen LogP) is 3.03. The Balaban J connectivity index is 1.53. The van der Waals surface area contributed by atoms with Gasteiger partial charge < -0.3 is 9.80 Å². The number of rotatable bonds is 8. The number of nitrogens with zero attached hydrogens (tertiary/aromatic N) is 5. The molecule has 1 aliphatic heterocycles. The smallest absolute Gasteiger partial charge is 0.276 e. The van der Waals surface area contributed by atoms with E-state index in [2.05, 4.69) is 45.5 Å². The van der Waals surface area contributed by atoms with Crippen LogP contribution in [0.25, 0.3) is 0 Å². The summed E-state index contributed by atoms with van der Waals surface area (Å²) in [6.07, 6.45) is 6.37. The van der Waals surface area contributed by atoms with E-state index in [-0.39, 0.29) is 5.91 Å². The molecule has 0 radical (unpaired) electrons. The van der Waals surface area contributed by atoms with E-state index >= 15 is 0 Å². The summed E-state index contributed by atoms with van der Waals surface area (Å²) in [6.45, 7) is 8.59. The van der Waals surface area contributed by atoms with Gasteiger partial charge in [0.05, 0.1) is 12.2 Å². The standard InChI is InChI=1S/C21H31N5O/c1-3-25(4-2)21(27)20-17-26(23-22-20)19-13-9-15-24(16-19)14-8-12-18-10-6-5-7-11-18/h5-7,10-11,17,19H,3-4,8-9,12-16H2,1-2H3. The molecule has 3 rings (SSSR count). The minimum atomic E-state index is -0.0261. The van der Waals surface area contributed by atoms with E-state index in [0.717, 1.165) is 38.9 Å². The highest BCUT2D eigenvalue weighted by molar-refractivity contribution is 5.91. The highest BCUT2D eigenvalue weighted by Gasteiger charge is 2.24. The topological polar surface area (TPSA) is 54.3 Å². The Hall–Kier alpha value is -2.21. The van der Waals surface area contributed by atoms with Gasteiger partial charge in [0.2, 0.25) is 0 Å². The lowest BCUT2D eigenvalue weighted by atomic mass is 10.0. The van der Waals surface area contributed by atoms with Crippen LogP contribution in [0.4, 0.5) is 0 Å². The average molecular weight is 370 g/mol. The van der Waals surface area contributed by atoms with Crippen molar-refractivity contribution >= 4 is 5.91 Å². The second-order valence-electron chi connectivity index (χ2n) is 7.25. The molecule has 0 N–H and O–H groups in total. The molecule has 1 atom stereocenters. The normalized spacial score (nSPS) is 17.8. The molecule has 1 aliphatic rings. The fourth-order valence-corrected chi connectivity index (χ4v) is 3.83. The summed E-state index contributed by atoms with van der Waals surface area (Å²) in [6, 6.07) is 11.0. The molecule has 0 aliphatic carbocycles. The molecule has 1 amide bonds. The zero-order valence-electron chi connectivity index (χ0n) is 16.5. The summed E-state index contributed by atoms with van der Waals surface area (Å²) >= 11 is 0. The van der Waals surface area contributed by atoms with Crippen LogP contribution >= 0.6 is 0 Å². The van der Waals surface area contributed by atoms with Gasteiger partial charge in [-0.25, -0.2) is 4.68 Å². The van der Waals surface area contributed by atoms with E-state index in [9.17, 15) is 4.79 Å². The van der Waals surface area contributed by atoms with Crippen LogP contribution < -0.4 is 0 Å². The van der Waals surface area contributed by atoms with Gasteiger partial charge in [0.15, 0.2) is 5.69 Å². The van der Waals surface area contributed by atoms with E-state index in [1.54, 1.807) is 4.90 Å². The van der Waals surface area contributed by atoms with E-state index in [4.69, 9.17) is 0 Å². The molecule has 0 bridgehead atoms. The van der Waals surface area contributed by atoms with Crippen molar-refractivity contribution in [2.24, 2.45) is 0 Å². The lowest BCUT2D eigenvalue weighted by Gasteiger charge is -2.32. The molecule has 2 heterocycles. The van der Waals surface area contributed by atoms with E-state index < -0.39 is 0 Å². The number of aromatic nitrogens is 3. The van der Waals surface area contributed by atoms with Crippen molar-refractivity contribution in [3.05, 3.63) is 47.8 Å². The van der Waals surface area contributed by atoms with Gasteiger partial charge in [-0.2, -0.15) is 0 Å². The zero-order valence-corrected chi connectivity index (χ0v) is 16.5. The number of piperidine rings is 1. The number of aryl methyl sites for hydroxylation is 1. The number of amides is 1. The Bertz CT molecular complexity index is 710. The fraction of sp³-hybridized carbons (Fsp3) is 0.571. The van der Waals surface area contributed by atoms with Gasteiger partial charge in [-0.1, -0.05) is 35.5 Å². The summed E-state index contributed by atoms with van der Waals surface area (Å²) in [5, 5.41) is 8.40. The third-order valence-electron chi connectivity index (χ3n) is 5.42. The molecule has 0 saturated carbocycles. The summed E-state index contributed by atoms with van der Waals surface area (Å²) in [5.74, 6) is -0.0261. The molecular formula is C21H31N5O. The number of carbonyl (C=O) groups excluding carboxylic acids is 1. The second kappa shape index (κ2) is 9.65. The van der Waals surface area contributed by atoms with Gasteiger partial charge >= 0.3 is 0 Å². The van der Waals surface area contributed by atoms with Crippen LogP contribution in [-0.2, 0) is 6.42 Å². The van der Waals surface area contributed by atoms with Crippen molar-refractivity contribution in [1.29, 1.82) is 0 Å². The van der Waals surface area contributed by atoms with Crippen molar-refractivity contribution in [1.82, 2.24) is 24.8 Å². The number of likely N-dealkylation sites (tertiary alicyclic amines) is 1. The highest BCUT2D eigenvalue weighted by atomic mass is 16.2. The molecule has 2 aromatic rings. The summed E-state index contributed by atoms with van der Waals surface area (Å²) in [5.41, 5.74) is 1.86. The van der Waals surface area contributed by atoms with E-state index in [1.807, 2.05) is 24.7 Å². The van der Waals surface area contributed by atoms with Gasteiger partial charge in [-0.15, -0.1) is 5.10 Å². The second-order valence-corrected chi connectivity index (χ2v) is 7.25. The van der Waals surface area contributed by atoms with Crippen molar-refractivity contribution in [2.75, 3.05) is 32.7 Å². The maximum absolute atomic E-state index is 12.4. The van der Waals surface area contributed by atoms with Crippen LogP contribution in [0.5, 0.6) is 0 Å². The monoisotopic (exact) mass is 369 g/mol.